The summed E-state index contributed by atoms with van der Waals surface area (Å²) in [5.41, 5.74) is -0.00222. The van der Waals surface area contributed by atoms with E-state index in [1.165, 1.54) is 0 Å². The number of hydrogen-bond acceptors (Lipinski definition) is 2. The number of piperidine rings is 1. The van der Waals surface area contributed by atoms with Crippen LogP contribution in [0.5, 0.6) is 0 Å². The molecular weight excluding hydrogens is 253 g/mol. The molecule has 1 rings (SSSR count). The van der Waals surface area contributed by atoms with Crippen LogP contribution in [0.1, 0.15) is 40.5 Å². The second kappa shape index (κ2) is 6.44. The van der Waals surface area contributed by atoms with Gasteiger partial charge in [0.05, 0.1) is 5.92 Å². The van der Waals surface area contributed by atoms with Crippen LogP contribution >= 0.6 is 0 Å². The van der Waals surface area contributed by atoms with Crippen molar-refractivity contribution >= 4 is 0 Å². The molecule has 1 saturated heterocycles. The molecule has 1 heterocycles. The molecule has 1 atom stereocenters. The van der Waals surface area contributed by atoms with Gasteiger partial charge in [-0.25, -0.2) is 0 Å². The van der Waals surface area contributed by atoms with Crippen molar-refractivity contribution in [2.45, 2.75) is 52.8 Å². The molecule has 0 aliphatic carbocycles. The van der Waals surface area contributed by atoms with Crippen molar-refractivity contribution in [2.24, 2.45) is 11.3 Å². The molecule has 1 aliphatic heterocycles. The standard InChI is InChI=1S/C14H27F3N2/c1-11(2)18-9-13(3,4)10-19-7-5-6-12(8-19)14(15,16)17/h11-12,18H,5-10H2,1-4H3. The molecule has 114 valence electrons. The summed E-state index contributed by atoms with van der Waals surface area (Å²) in [6.07, 6.45) is -3.11. The molecule has 0 bridgehead atoms. The Hall–Kier alpha value is -0.290. The Labute approximate surface area is 114 Å². The number of halogens is 3. The summed E-state index contributed by atoms with van der Waals surface area (Å²) in [4.78, 5) is 1.98. The maximum absolute atomic E-state index is 12.8. The fourth-order valence-corrected chi connectivity index (χ4v) is 2.61. The van der Waals surface area contributed by atoms with Crippen molar-refractivity contribution in [1.82, 2.24) is 10.2 Å². The van der Waals surface area contributed by atoms with Gasteiger partial charge in [-0.1, -0.05) is 27.7 Å². The first-order valence-electron chi connectivity index (χ1n) is 7.12. The van der Waals surface area contributed by atoms with Gasteiger partial charge in [-0.2, -0.15) is 13.2 Å². The zero-order valence-corrected chi connectivity index (χ0v) is 12.5. The summed E-state index contributed by atoms with van der Waals surface area (Å²) in [6, 6.07) is 0.406. The average Bonchev–Trinajstić information content (AvgIpc) is 2.25. The van der Waals surface area contributed by atoms with Crippen LogP contribution in [0.15, 0.2) is 0 Å². The molecule has 0 spiro atoms. The lowest BCUT2D eigenvalue weighted by Crippen LogP contribution is -2.47. The highest BCUT2D eigenvalue weighted by molar-refractivity contribution is 4.83. The molecule has 1 fully saturated rings. The zero-order valence-electron chi connectivity index (χ0n) is 12.5. The highest BCUT2D eigenvalue weighted by Crippen LogP contribution is 2.34. The molecule has 1 aliphatic rings. The largest absolute Gasteiger partial charge is 0.393 e. The maximum Gasteiger partial charge on any atom is 0.393 e. The van der Waals surface area contributed by atoms with Crippen molar-refractivity contribution in [1.29, 1.82) is 0 Å². The molecule has 2 nitrogen and oxygen atoms in total. The van der Waals surface area contributed by atoms with E-state index in [9.17, 15) is 13.2 Å². The third-order valence-corrected chi connectivity index (χ3v) is 3.61. The van der Waals surface area contributed by atoms with Gasteiger partial charge in [0.25, 0.3) is 0 Å². The van der Waals surface area contributed by atoms with Gasteiger partial charge in [0.15, 0.2) is 0 Å². The third kappa shape index (κ3) is 6.13. The fourth-order valence-electron chi connectivity index (χ4n) is 2.61. The second-order valence-corrected chi connectivity index (χ2v) is 6.82. The van der Waals surface area contributed by atoms with Crippen molar-refractivity contribution in [2.75, 3.05) is 26.2 Å². The molecule has 0 amide bonds. The van der Waals surface area contributed by atoms with E-state index in [4.69, 9.17) is 0 Å². The normalized spacial score (nSPS) is 23.1. The third-order valence-electron chi connectivity index (χ3n) is 3.61. The van der Waals surface area contributed by atoms with E-state index >= 15 is 0 Å². The molecule has 19 heavy (non-hydrogen) atoms. The van der Waals surface area contributed by atoms with E-state index in [1.807, 2.05) is 4.90 Å². The molecule has 1 unspecified atom stereocenters. The van der Waals surface area contributed by atoms with Gasteiger partial charge in [-0.05, 0) is 24.8 Å². The van der Waals surface area contributed by atoms with Gasteiger partial charge >= 0.3 is 6.18 Å². The molecule has 0 radical (unpaired) electrons. The highest BCUT2D eigenvalue weighted by Gasteiger charge is 2.42. The van der Waals surface area contributed by atoms with E-state index in [0.29, 0.717) is 12.5 Å². The summed E-state index contributed by atoms with van der Waals surface area (Å²) in [5, 5.41) is 3.37. The van der Waals surface area contributed by atoms with Gasteiger partial charge in [-0.3, -0.25) is 0 Å². The van der Waals surface area contributed by atoms with Gasteiger partial charge in [0, 0.05) is 25.7 Å². The Morgan fingerprint density at radius 1 is 1.26 bits per heavy atom. The summed E-state index contributed by atoms with van der Waals surface area (Å²) in [5.74, 6) is -1.14. The van der Waals surface area contributed by atoms with E-state index in [0.717, 1.165) is 19.6 Å². The molecule has 0 aromatic rings. The van der Waals surface area contributed by atoms with Crippen LogP contribution in [0.2, 0.25) is 0 Å². The fraction of sp³-hybridized carbons (Fsp3) is 1.00. The van der Waals surface area contributed by atoms with Gasteiger partial charge in [0.2, 0.25) is 0 Å². The van der Waals surface area contributed by atoms with Crippen molar-refractivity contribution < 1.29 is 13.2 Å². The quantitative estimate of drug-likeness (QED) is 0.831. The van der Waals surface area contributed by atoms with Crippen LogP contribution in [-0.4, -0.2) is 43.3 Å². The van der Waals surface area contributed by atoms with Crippen LogP contribution in [-0.2, 0) is 0 Å². The van der Waals surface area contributed by atoms with Crippen LogP contribution in [0.4, 0.5) is 13.2 Å². The van der Waals surface area contributed by atoms with Crippen molar-refractivity contribution in [3.8, 4) is 0 Å². The number of hydrogen-bond donors (Lipinski definition) is 1. The van der Waals surface area contributed by atoms with Gasteiger partial charge < -0.3 is 10.2 Å². The Kier molecular flexibility index (Phi) is 5.68. The molecular formula is C14H27F3N2. The number of likely N-dealkylation sites (tertiary alicyclic amines) is 1. The number of alkyl halides is 3. The van der Waals surface area contributed by atoms with E-state index in [1.54, 1.807) is 0 Å². The Morgan fingerprint density at radius 2 is 1.89 bits per heavy atom. The molecule has 0 aromatic heterocycles. The summed E-state index contributed by atoms with van der Waals surface area (Å²) in [7, 11) is 0. The number of rotatable bonds is 5. The minimum atomic E-state index is -4.04. The predicted octanol–water partition coefficient (Wildman–Crippen LogP) is 3.28. The lowest BCUT2D eigenvalue weighted by Gasteiger charge is -2.38. The van der Waals surface area contributed by atoms with Crippen LogP contribution in [0.25, 0.3) is 0 Å². The monoisotopic (exact) mass is 280 g/mol. The highest BCUT2D eigenvalue weighted by atomic mass is 19.4. The first kappa shape index (κ1) is 16.8. The van der Waals surface area contributed by atoms with Crippen LogP contribution in [0, 0.1) is 11.3 Å². The number of nitrogens with zero attached hydrogens (tertiary/aromatic N) is 1. The summed E-state index contributed by atoms with van der Waals surface area (Å²) >= 11 is 0. The van der Waals surface area contributed by atoms with Crippen LogP contribution in [0.3, 0.4) is 0 Å². The molecule has 0 aromatic carbocycles. The minimum absolute atomic E-state index is 0.00222. The lowest BCUT2D eigenvalue weighted by molar-refractivity contribution is -0.187. The number of nitrogens with one attached hydrogen (secondary N) is 1. The van der Waals surface area contributed by atoms with Gasteiger partial charge in [0.1, 0.15) is 0 Å². The van der Waals surface area contributed by atoms with E-state index < -0.39 is 12.1 Å². The topological polar surface area (TPSA) is 15.3 Å². The minimum Gasteiger partial charge on any atom is -0.314 e. The molecule has 1 N–H and O–H groups in total. The SMILES string of the molecule is CC(C)NCC(C)(C)CN1CCCC(C(F)(F)F)C1. The van der Waals surface area contributed by atoms with Crippen molar-refractivity contribution in [3.05, 3.63) is 0 Å². The maximum atomic E-state index is 12.8. The lowest BCUT2D eigenvalue weighted by atomic mass is 9.89. The van der Waals surface area contributed by atoms with E-state index in [2.05, 4.69) is 33.0 Å². The Morgan fingerprint density at radius 3 is 2.42 bits per heavy atom. The first-order chi connectivity index (χ1) is 8.60. The predicted molar refractivity (Wildman–Crippen MR) is 72.1 cm³/mol. The van der Waals surface area contributed by atoms with Crippen molar-refractivity contribution in [3.63, 3.8) is 0 Å². The zero-order chi connectivity index (χ0) is 14.7. The summed E-state index contributed by atoms with van der Waals surface area (Å²) < 4.78 is 38.3. The molecule has 0 saturated carbocycles. The van der Waals surface area contributed by atoms with Gasteiger partial charge in [-0.15, -0.1) is 0 Å². The second-order valence-electron chi connectivity index (χ2n) is 6.82. The average molecular weight is 280 g/mol. The first-order valence-corrected chi connectivity index (χ1v) is 7.12. The smallest absolute Gasteiger partial charge is 0.314 e. The Bertz CT molecular complexity index is 274. The Balaban J connectivity index is 2.47. The summed E-state index contributed by atoms with van der Waals surface area (Å²) in [6.45, 7) is 10.9. The van der Waals surface area contributed by atoms with E-state index in [-0.39, 0.29) is 18.4 Å². The van der Waals surface area contributed by atoms with Crippen LogP contribution < -0.4 is 5.32 Å². The molecule has 5 heteroatoms.